The van der Waals surface area contributed by atoms with Gasteiger partial charge < -0.3 is 16.6 Å². The molecule has 19 heavy (non-hydrogen) atoms. The molecule has 0 amide bonds. The van der Waals surface area contributed by atoms with Crippen molar-refractivity contribution in [2.75, 3.05) is 12.3 Å². The van der Waals surface area contributed by atoms with E-state index in [2.05, 4.69) is 0 Å². The molecule has 1 atom stereocenters. The molecule has 0 aliphatic rings. The maximum atomic E-state index is 12.7. The molecule has 1 rings (SSSR count). The Morgan fingerprint density at radius 1 is 1.00 bits per heavy atom. The van der Waals surface area contributed by atoms with Crippen LogP contribution in [0.1, 0.15) is 22.7 Å². The van der Waals surface area contributed by atoms with Crippen LogP contribution in [0.15, 0.2) is 12.1 Å². The summed E-state index contributed by atoms with van der Waals surface area (Å²) in [5, 5.41) is 8.75. The molecule has 0 spiro atoms. The molecule has 3 nitrogen and oxygen atoms in total. The maximum Gasteiger partial charge on any atom is 0.416 e. The third-order valence-corrected chi connectivity index (χ3v) is 2.38. The van der Waals surface area contributed by atoms with E-state index in [1.165, 1.54) is 0 Å². The summed E-state index contributed by atoms with van der Waals surface area (Å²) < 4.78 is 76.4. The van der Waals surface area contributed by atoms with Crippen LogP contribution in [-0.2, 0) is 12.4 Å². The molecular formula is C10H10F6N2O. The van der Waals surface area contributed by atoms with Crippen LogP contribution >= 0.6 is 0 Å². The molecule has 0 aliphatic heterocycles. The lowest BCUT2D eigenvalue weighted by Crippen LogP contribution is -2.25. The first-order valence-corrected chi connectivity index (χ1v) is 4.92. The van der Waals surface area contributed by atoms with E-state index in [1.807, 2.05) is 0 Å². The maximum absolute atomic E-state index is 12.7. The molecule has 108 valence electrons. The summed E-state index contributed by atoms with van der Waals surface area (Å²) in [5.74, 6) is 0. The summed E-state index contributed by atoms with van der Waals surface area (Å²) in [6.07, 6.45) is -10.1. The SMILES string of the molecule is Nc1cc(C(F)(F)F)c([C@H](N)CO)c(C(F)(F)F)c1. The fraction of sp³-hybridized carbons (Fsp3) is 0.400. The zero-order valence-electron chi connectivity index (χ0n) is 9.31. The highest BCUT2D eigenvalue weighted by atomic mass is 19.4. The van der Waals surface area contributed by atoms with Crippen LogP contribution in [0.2, 0.25) is 0 Å². The van der Waals surface area contributed by atoms with Crippen molar-refractivity contribution in [3.05, 3.63) is 28.8 Å². The van der Waals surface area contributed by atoms with Crippen molar-refractivity contribution >= 4 is 5.69 Å². The summed E-state index contributed by atoms with van der Waals surface area (Å²) in [5.41, 5.74) is 5.12. The van der Waals surface area contributed by atoms with Crippen molar-refractivity contribution in [3.8, 4) is 0 Å². The van der Waals surface area contributed by atoms with Crippen LogP contribution in [0.4, 0.5) is 32.0 Å². The number of rotatable bonds is 2. The van der Waals surface area contributed by atoms with Crippen molar-refractivity contribution in [2.24, 2.45) is 5.73 Å². The van der Waals surface area contributed by atoms with Crippen LogP contribution in [-0.4, -0.2) is 11.7 Å². The van der Waals surface area contributed by atoms with Gasteiger partial charge in [-0.1, -0.05) is 0 Å². The van der Waals surface area contributed by atoms with E-state index in [1.54, 1.807) is 0 Å². The number of aliphatic hydroxyl groups excluding tert-OH is 1. The minimum Gasteiger partial charge on any atom is -0.399 e. The molecule has 9 heteroatoms. The average molecular weight is 288 g/mol. The molecule has 0 saturated carbocycles. The highest BCUT2D eigenvalue weighted by Crippen LogP contribution is 2.42. The van der Waals surface area contributed by atoms with E-state index in [9.17, 15) is 26.3 Å². The summed E-state index contributed by atoms with van der Waals surface area (Å²) in [6, 6.07) is -1.09. The highest BCUT2D eigenvalue weighted by molar-refractivity contribution is 5.53. The number of benzene rings is 1. The normalized spacial score (nSPS) is 14.5. The second-order valence-electron chi connectivity index (χ2n) is 3.81. The standard InChI is InChI=1S/C10H10F6N2O/c11-9(12,13)5-1-4(17)2-6(10(14,15)16)8(5)7(18)3-19/h1-2,7,19H,3,17-18H2/t7-/m1/s1. The van der Waals surface area contributed by atoms with E-state index in [0.29, 0.717) is 12.1 Å². The molecule has 0 fully saturated rings. The van der Waals surface area contributed by atoms with Crippen molar-refractivity contribution in [3.63, 3.8) is 0 Å². The summed E-state index contributed by atoms with van der Waals surface area (Å²) in [6.45, 7) is -1.06. The molecular weight excluding hydrogens is 278 g/mol. The number of nitrogen functional groups attached to an aromatic ring is 1. The monoisotopic (exact) mass is 288 g/mol. The lowest BCUT2D eigenvalue weighted by Gasteiger charge is -2.22. The molecule has 0 saturated heterocycles. The number of nitrogens with two attached hydrogens (primary N) is 2. The summed E-state index contributed by atoms with van der Waals surface area (Å²) in [4.78, 5) is 0. The van der Waals surface area contributed by atoms with E-state index in [-0.39, 0.29) is 0 Å². The van der Waals surface area contributed by atoms with Gasteiger partial charge in [-0.25, -0.2) is 0 Å². The first kappa shape index (κ1) is 15.6. The third kappa shape index (κ3) is 3.29. The Hall–Kier alpha value is -1.48. The molecule has 0 heterocycles. The first-order chi connectivity index (χ1) is 8.48. The summed E-state index contributed by atoms with van der Waals surface area (Å²) in [7, 11) is 0. The summed E-state index contributed by atoms with van der Waals surface area (Å²) >= 11 is 0. The molecule has 5 N–H and O–H groups in total. The minimum atomic E-state index is -5.06. The molecule has 1 aromatic carbocycles. The van der Waals surface area contributed by atoms with Gasteiger partial charge in [-0.05, 0) is 17.7 Å². The van der Waals surface area contributed by atoms with Gasteiger partial charge >= 0.3 is 12.4 Å². The Labute approximate surface area is 103 Å². The topological polar surface area (TPSA) is 72.3 Å². The van der Waals surface area contributed by atoms with Crippen LogP contribution in [0, 0.1) is 0 Å². The Morgan fingerprint density at radius 2 is 1.37 bits per heavy atom. The van der Waals surface area contributed by atoms with Gasteiger partial charge in [0.25, 0.3) is 0 Å². The molecule has 1 aromatic rings. The van der Waals surface area contributed by atoms with Crippen molar-refractivity contribution in [1.82, 2.24) is 0 Å². The van der Waals surface area contributed by atoms with Crippen LogP contribution in [0.25, 0.3) is 0 Å². The molecule has 0 bridgehead atoms. The third-order valence-electron chi connectivity index (χ3n) is 2.38. The van der Waals surface area contributed by atoms with E-state index in [4.69, 9.17) is 16.6 Å². The Balaban J connectivity index is 3.69. The molecule has 0 unspecified atom stereocenters. The van der Waals surface area contributed by atoms with E-state index < -0.39 is 47.4 Å². The number of alkyl halides is 6. The van der Waals surface area contributed by atoms with E-state index in [0.717, 1.165) is 0 Å². The van der Waals surface area contributed by atoms with Gasteiger partial charge in [-0.3, -0.25) is 0 Å². The van der Waals surface area contributed by atoms with Gasteiger partial charge in [-0.2, -0.15) is 26.3 Å². The predicted molar refractivity (Wildman–Crippen MR) is 54.9 cm³/mol. The van der Waals surface area contributed by atoms with Gasteiger partial charge in [-0.15, -0.1) is 0 Å². The number of halogens is 6. The highest BCUT2D eigenvalue weighted by Gasteiger charge is 2.42. The van der Waals surface area contributed by atoms with Gasteiger partial charge in [0.2, 0.25) is 0 Å². The lowest BCUT2D eigenvalue weighted by molar-refractivity contribution is -0.144. The minimum absolute atomic E-state index is 0.361. The van der Waals surface area contributed by atoms with Crippen molar-refractivity contribution in [1.29, 1.82) is 0 Å². The Kier molecular flexibility index (Phi) is 4.01. The first-order valence-electron chi connectivity index (χ1n) is 4.92. The van der Waals surface area contributed by atoms with Gasteiger partial charge in [0.15, 0.2) is 0 Å². The van der Waals surface area contributed by atoms with Crippen LogP contribution in [0.3, 0.4) is 0 Å². The van der Waals surface area contributed by atoms with Gasteiger partial charge in [0.05, 0.1) is 23.8 Å². The van der Waals surface area contributed by atoms with Crippen LogP contribution in [0.5, 0.6) is 0 Å². The lowest BCUT2D eigenvalue weighted by atomic mass is 9.93. The predicted octanol–water partition coefficient (Wildman–Crippen LogP) is 2.30. The average Bonchev–Trinajstić information content (AvgIpc) is 2.24. The molecule has 0 radical (unpaired) electrons. The van der Waals surface area contributed by atoms with Gasteiger partial charge in [0.1, 0.15) is 0 Å². The molecule has 0 aliphatic carbocycles. The molecule has 0 aromatic heterocycles. The number of hydrogen-bond acceptors (Lipinski definition) is 3. The number of aliphatic hydroxyl groups is 1. The largest absolute Gasteiger partial charge is 0.416 e. The number of anilines is 1. The van der Waals surface area contributed by atoms with Crippen molar-refractivity contribution < 1.29 is 31.4 Å². The Morgan fingerprint density at radius 3 is 1.63 bits per heavy atom. The quantitative estimate of drug-likeness (QED) is 0.577. The zero-order chi connectivity index (χ0) is 15.0. The van der Waals surface area contributed by atoms with Crippen molar-refractivity contribution in [2.45, 2.75) is 18.4 Å². The number of hydrogen-bond donors (Lipinski definition) is 3. The van der Waals surface area contributed by atoms with Gasteiger partial charge in [0, 0.05) is 5.69 Å². The Bertz CT molecular complexity index is 433. The van der Waals surface area contributed by atoms with E-state index >= 15 is 0 Å². The second kappa shape index (κ2) is 4.89. The second-order valence-corrected chi connectivity index (χ2v) is 3.81. The zero-order valence-corrected chi connectivity index (χ0v) is 9.31. The fourth-order valence-corrected chi connectivity index (χ4v) is 1.64. The van der Waals surface area contributed by atoms with Crippen LogP contribution < -0.4 is 11.5 Å². The smallest absolute Gasteiger partial charge is 0.399 e. The fourth-order valence-electron chi connectivity index (χ4n) is 1.64.